The fourth-order valence-electron chi connectivity index (χ4n) is 1.49. The van der Waals surface area contributed by atoms with Gasteiger partial charge in [0.2, 0.25) is 0 Å². The van der Waals surface area contributed by atoms with E-state index in [1.165, 1.54) is 6.42 Å². The van der Waals surface area contributed by atoms with Crippen LogP contribution in [-0.4, -0.2) is 17.0 Å². The van der Waals surface area contributed by atoms with Crippen molar-refractivity contribution in [1.29, 1.82) is 0 Å². The third-order valence-corrected chi connectivity index (χ3v) is 4.68. The van der Waals surface area contributed by atoms with Gasteiger partial charge >= 0.3 is 0 Å². The highest BCUT2D eigenvalue weighted by Crippen LogP contribution is 2.20. The molecule has 0 aliphatic carbocycles. The van der Waals surface area contributed by atoms with Gasteiger partial charge in [0.1, 0.15) is 0 Å². The lowest BCUT2D eigenvalue weighted by atomic mass is 10.1. The van der Waals surface area contributed by atoms with E-state index in [0.29, 0.717) is 5.25 Å². The fraction of sp³-hybridized carbons (Fsp3) is 0.538. The van der Waals surface area contributed by atoms with Crippen molar-refractivity contribution < 1.29 is 0 Å². The lowest BCUT2D eigenvalue weighted by Crippen LogP contribution is -2.39. The van der Waals surface area contributed by atoms with Gasteiger partial charge < -0.3 is 0 Å². The van der Waals surface area contributed by atoms with E-state index < -0.39 is 0 Å². The molecule has 0 aliphatic heterocycles. The van der Waals surface area contributed by atoms with Gasteiger partial charge in [-0.25, -0.2) is 0 Å². The predicted molar refractivity (Wildman–Crippen MR) is 78.5 cm³/mol. The van der Waals surface area contributed by atoms with Crippen LogP contribution < -0.4 is 11.3 Å². The molecule has 0 saturated carbocycles. The van der Waals surface area contributed by atoms with Crippen LogP contribution >= 0.6 is 23.4 Å². The van der Waals surface area contributed by atoms with Crippen molar-refractivity contribution in [2.45, 2.75) is 38.0 Å². The van der Waals surface area contributed by atoms with Crippen LogP contribution in [0.2, 0.25) is 5.02 Å². The summed E-state index contributed by atoms with van der Waals surface area (Å²) in [7, 11) is 0. The normalized spacial score (nSPS) is 14.6. The van der Waals surface area contributed by atoms with Crippen LogP contribution in [0.15, 0.2) is 24.3 Å². The summed E-state index contributed by atoms with van der Waals surface area (Å²) in [5, 5.41) is 1.50. The highest BCUT2D eigenvalue weighted by atomic mass is 35.5. The minimum absolute atomic E-state index is 0.272. The maximum atomic E-state index is 6.14. The Kier molecular flexibility index (Phi) is 6.97. The van der Waals surface area contributed by atoms with Crippen molar-refractivity contribution in [3.63, 3.8) is 0 Å². The van der Waals surface area contributed by atoms with E-state index in [9.17, 15) is 0 Å². The first-order valence-electron chi connectivity index (χ1n) is 5.98. The summed E-state index contributed by atoms with van der Waals surface area (Å²) >= 11 is 8.09. The van der Waals surface area contributed by atoms with E-state index >= 15 is 0 Å². The van der Waals surface area contributed by atoms with Crippen molar-refractivity contribution >= 4 is 23.4 Å². The zero-order chi connectivity index (χ0) is 12.7. The van der Waals surface area contributed by atoms with Gasteiger partial charge in [0, 0.05) is 22.1 Å². The lowest BCUT2D eigenvalue weighted by Gasteiger charge is -2.18. The van der Waals surface area contributed by atoms with Gasteiger partial charge in [0.05, 0.1) is 0 Å². The highest BCUT2D eigenvalue weighted by molar-refractivity contribution is 7.99. The molecule has 4 heteroatoms. The molecule has 96 valence electrons. The number of nitrogens with one attached hydrogen (secondary N) is 1. The molecule has 2 nitrogen and oxygen atoms in total. The SMILES string of the molecule is CCC(C)SCC(Cc1ccccc1Cl)NN. The van der Waals surface area contributed by atoms with Crippen molar-refractivity contribution in [2.75, 3.05) is 5.75 Å². The molecule has 0 heterocycles. The molecule has 0 saturated heterocycles. The summed E-state index contributed by atoms with van der Waals surface area (Å²) in [6.07, 6.45) is 2.06. The van der Waals surface area contributed by atoms with Gasteiger partial charge in [0.25, 0.3) is 0 Å². The maximum absolute atomic E-state index is 6.14. The van der Waals surface area contributed by atoms with Crippen LogP contribution in [0.4, 0.5) is 0 Å². The Morgan fingerprint density at radius 1 is 1.41 bits per heavy atom. The number of benzene rings is 1. The molecular weight excluding hydrogens is 252 g/mol. The highest BCUT2D eigenvalue weighted by Gasteiger charge is 2.11. The van der Waals surface area contributed by atoms with Gasteiger partial charge in [0.15, 0.2) is 0 Å². The van der Waals surface area contributed by atoms with Gasteiger partial charge in [-0.2, -0.15) is 11.8 Å². The van der Waals surface area contributed by atoms with Gasteiger partial charge in [-0.15, -0.1) is 0 Å². The number of hydrogen-bond acceptors (Lipinski definition) is 3. The number of hydrogen-bond donors (Lipinski definition) is 2. The molecule has 2 atom stereocenters. The maximum Gasteiger partial charge on any atom is 0.0438 e. The zero-order valence-corrected chi connectivity index (χ0v) is 12.0. The number of rotatable bonds is 7. The topological polar surface area (TPSA) is 38.0 Å². The van der Waals surface area contributed by atoms with Gasteiger partial charge in [-0.3, -0.25) is 11.3 Å². The van der Waals surface area contributed by atoms with E-state index in [1.54, 1.807) is 0 Å². The molecule has 1 rings (SSSR count). The molecule has 0 spiro atoms. The molecule has 1 aromatic carbocycles. The number of thioether (sulfide) groups is 1. The average molecular weight is 273 g/mol. The largest absolute Gasteiger partial charge is 0.271 e. The average Bonchev–Trinajstić information content (AvgIpc) is 2.36. The van der Waals surface area contributed by atoms with Crippen LogP contribution in [0.1, 0.15) is 25.8 Å². The van der Waals surface area contributed by atoms with E-state index in [2.05, 4.69) is 25.3 Å². The first kappa shape index (κ1) is 14.8. The van der Waals surface area contributed by atoms with Crippen LogP contribution in [-0.2, 0) is 6.42 Å². The van der Waals surface area contributed by atoms with Crippen molar-refractivity contribution in [3.8, 4) is 0 Å². The smallest absolute Gasteiger partial charge is 0.0438 e. The Balaban J connectivity index is 2.49. The minimum Gasteiger partial charge on any atom is -0.271 e. The van der Waals surface area contributed by atoms with E-state index in [4.69, 9.17) is 17.4 Å². The summed E-state index contributed by atoms with van der Waals surface area (Å²) in [6, 6.07) is 8.21. The Hall–Kier alpha value is -0.220. The van der Waals surface area contributed by atoms with Crippen molar-refractivity contribution in [1.82, 2.24) is 5.43 Å². The standard InChI is InChI=1S/C13H21ClN2S/c1-3-10(2)17-9-12(16-15)8-11-6-4-5-7-13(11)14/h4-7,10,12,16H,3,8-9,15H2,1-2H3. The van der Waals surface area contributed by atoms with Crippen molar-refractivity contribution in [2.24, 2.45) is 5.84 Å². The number of halogens is 1. The van der Waals surface area contributed by atoms with Crippen LogP contribution in [0, 0.1) is 0 Å². The number of hydrazine groups is 1. The molecule has 17 heavy (non-hydrogen) atoms. The monoisotopic (exact) mass is 272 g/mol. The predicted octanol–water partition coefficient (Wildman–Crippen LogP) is 3.25. The number of nitrogens with two attached hydrogens (primary N) is 1. The summed E-state index contributed by atoms with van der Waals surface area (Å²) in [5.41, 5.74) is 4.03. The summed E-state index contributed by atoms with van der Waals surface area (Å²) in [5.74, 6) is 6.60. The Morgan fingerprint density at radius 2 is 2.12 bits per heavy atom. The second kappa shape index (κ2) is 7.98. The molecule has 0 amide bonds. The summed E-state index contributed by atoms with van der Waals surface area (Å²) in [4.78, 5) is 0. The van der Waals surface area contributed by atoms with E-state index in [1.807, 2.05) is 30.0 Å². The van der Waals surface area contributed by atoms with Gasteiger partial charge in [-0.05, 0) is 24.5 Å². The third kappa shape index (κ3) is 5.30. The molecule has 0 aromatic heterocycles. The Morgan fingerprint density at radius 3 is 2.71 bits per heavy atom. The summed E-state index contributed by atoms with van der Waals surface area (Å²) < 4.78 is 0. The van der Waals surface area contributed by atoms with E-state index in [-0.39, 0.29) is 6.04 Å². The second-order valence-corrected chi connectivity index (χ2v) is 6.09. The quantitative estimate of drug-likeness (QED) is 0.591. The Labute approximate surface area is 113 Å². The molecule has 2 unspecified atom stereocenters. The molecule has 1 aromatic rings. The molecule has 0 fully saturated rings. The van der Waals surface area contributed by atoms with Crippen LogP contribution in [0.25, 0.3) is 0 Å². The lowest BCUT2D eigenvalue weighted by molar-refractivity contribution is 0.574. The molecule has 0 bridgehead atoms. The fourth-order valence-corrected chi connectivity index (χ4v) is 2.72. The molecule has 0 radical (unpaired) electrons. The van der Waals surface area contributed by atoms with Crippen molar-refractivity contribution in [3.05, 3.63) is 34.9 Å². The van der Waals surface area contributed by atoms with Gasteiger partial charge in [-0.1, -0.05) is 43.6 Å². The zero-order valence-electron chi connectivity index (χ0n) is 10.4. The minimum atomic E-state index is 0.272. The first-order chi connectivity index (χ1) is 8.17. The molecular formula is C13H21ClN2S. The van der Waals surface area contributed by atoms with Crippen LogP contribution in [0.3, 0.4) is 0 Å². The second-order valence-electron chi connectivity index (χ2n) is 4.21. The van der Waals surface area contributed by atoms with Crippen LogP contribution in [0.5, 0.6) is 0 Å². The summed E-state index contributed by atoms with van der Waals surface area (Å²) in [6.45, 7) is 4.45. The third-order valence-electron chi connectivity index (χ3n) is 2.82. The molecule has 0 aliphatic rings. The molecule has 3 N–H and O–H groups in total. The first-order valence-corrected chi connectivity index (χ1v) is 7.41. The Bertz CT molecular complexity index is 333. The van der Waals surface area contributed by atoms with E-state index in [0.717, 1.165) is 22.8 Å².